The molecule has 0 radical (unpaired) electrons. The summed E-state index contributed by atoms with van der Waals surface area (Å²) >= 11 is 0. The quantitative estimate of drug-likeness (QED) is 0.662. The fourth-order valence-corrected chi connectivity index (χ4v) is 1.73. The SMILES string of the molecule is COCCNC(=O)CCNCc1ccc(N(C)C)cc1. The van der Waals surface area contributed by atoms with Crippen LogP contribution in [0, 0.1) is 0 Å². The summed E-state index contributed by atoms with van der Waals surface area (Å²) in [5, 5.41) is 6.06. The summed E-state index contributed by atoms with van der Waals surface area (Å²) in [7, 11) is 5.67. The van der Waals surface area contributed by atoms with E-state index in [0.29, 0.717) is 26.1 Å². The Balaban J connectivity index is 2.16. The normalized spacial score (nSPS) is 10.3. The third-order valence-corrected chi connectivity index (χ3v) is 2.94. The molecule has 0 bridgehead atoms. The molecule has 0 saturated heterocycles. The number of amides is 1. The van der Waals surface area contributed by atoms with Crippen molar-refractivity contribution in [3.63, 3.8) is 0 Å². The van der Waals surface area contributed by atoms with Crippen molar-refractivity contribution in [2.45, 2.75) is 13.0 Å². The molecule has 0 unspecified atom stereocenters. The van der Waals surface area contributed by atoms with Crippen LogP contribution in [0.5, 0.6) is 0 Å². The van der Waals surface area contributed by atoms with E-state index in [1.54, 1.807) is 7.11 Å². The molecule has 0 aromatic heterocycles. The molecule has 2 N–H and O–H groups in total. The van der Waals surface area contributed by atoms with Crippen LogP contribution in [0.1, 0.15) is 12.0 Å². The Bertz CT molecular complexity index is 391. The van der Waals surface area contributed by atoms with Gasteiger partial charge >= 0.3 is 0 Å². The Morgan fingerprint density at radius 2 is 1.90 bits per heavy atom. The first-order chi connectivity index (χ1) is 9.63. The van der Waals surface area contributed by atoms with Crippen LogP contribution in [0.3, 0.4) is 0 Å². The monoisotopic (exact) mass is 279 g/mol. The van der Waals surface area contributed by atoms with Crippen molar-refractivity contribution in [2.24, 2.45) is 0 Å². The fraction of sp³-hybridized carbons (Fsp3) is 0.533. The minimum Gasteiger partial charge on any atom is -0.383 e. The molecule has 0 spiro atoms. The van der Waals surface area contributed by atoms with Gasteiger partial charge < -0.3 is 20.3 Å². The Labute approximate surface area is 121 Å². The van der Waals surface area contributed by atoms with Crippen LogP contribution in [-0.2, 0) is 16.1 Å². The molecule has 1 aromatic carbocycles. The maximum absolute atomic E-state index is 11.4. The molecule has 0 heterocycles. The molecule has 0 aliphatic heterocycles. The van der Waals surface area contributed by atoms with Crippen molar-refractivity contribution < 1.29 is 9.53 Å². The molecule has 20 heavy (non-hydrogen) atoms. The van der Waals surface area contributed by atoms with Crippen LogP contribution < -0.4 is 15.5 Å². The minimum absolute atomic E-state index is 0.0532. The van der Waals surface area contributed by atoms with Gasteiger partial charge in [0.2, 0.25) is 5.91 Å². The van der Waals surface area contributed by atoms with Gasteiger partial charge in [-0.15, -0.1) is 0 Å². The number of nitrogens with zero attached hydrogens (tertiary/aromatic N) is 1. The van der Waals surface area contributed by atoms with E-state index in [1.165, 1.54) is 11.3 Å². The van der Waals surface area contributed by atoms with Gasteiger partial charge in [0.1, 0.15) is 0 Å². The summed E-state index contributed by atoms with van der Waals surface area (Å²) in [6.07, 6.45) is 0.486. The molecule has 5 nitrogen and oxygen atoms in total. The summed E-state index contributed by atoms with van der Waals surface area (Å²) in [6.45, 7) is 2.58. The highest BCUT2D eigenvalue weighted by Crippen LogP contribution is 2.11. The van der Waals surface area contributed by atoms with Crippen molar-refractivity contribution >= 4 is 11.6 Å². The summed E-state index contributed by atoms with van der Waals surface area (Å²) in [5.74, 6) is 0.0532. The van der Waals surface area contributed by atoms with Crippen LogP contribution in [0.2, 0.25) is 0 Å². The number of ether oxygens (including phenoxy) is 1. The second kappa shape index (κ2) is 9.34. The fourth-order valence-electron chi connectivity index (χ4n) is 1.73. The van der Waals surface area contributed by atoms with Crippen molar-refractivity contribution in [2.75, 3.05) is 45.8 Å². The predicted octanol–water partition coefficient (Wildman–Crippen LogP) is 0.995. The largest absolute Gasteiger partial charge is 0.383 e. The van der Waals surface area contributed by atoms with Gasteiger partial charge in [-0.1, -0.05) is 12.1 Å². The van der Waals surface area contributed by atoms with Crippen molar-refractivity contribution in [1.82, 2.24) is 10.6 Å². The second-order valence-corrected chi connectivity index (χ2v) is 4.83. The van der Waals surface area contributed by atoms with Crippen LogP contribution in [0.25, 0.3) is 0 Å². The maximum Gasteiger partial charge on any atom is 0.221 e. The number of hydrogen-bond acceptors (Lipinski definition) is 4. The highest BCUT2D eigenvalue weighted by molar-refractivity contribution is 5.76. The molecule has 0 fully saturated rings. The van der Waals surface area contributed by atoms with Gasteiger partial charge in [-0.3, -0.25) is 4.79 Å². The lowest BCUT2D eigenvalue weighted by Crippen LogP contribution is -2.29. The highest BCUT2D eigenvalue weighted by Gasteiger charge is 2.00. The van der Waals surface area contributed by atoms with Crippen LogP contribution in [0.4, 0.5) is 5.69 Å². The zero-order valence-corrected chi connectivity index (χ0v) is 12.6. The van der Waals surface area contributed by atoms with E-state index in [1.807, 2.05) is 14.1 Å². The van der Waals surface area contributed by atoms with Gasteiger partial charge in [0.25, 0.3) is 0 Å². The van der Waals surface area contributed by atoms with E-state index in [-0.39, 0.29) is 5.91 Å². The lowest BCUT2D eigenvalue weighted by atomic mass is 10.2. The van der Waals surface area contributed by atoms with E-state index in [0.717, 1.165) is 6.54 Å². The van der Waals surface area contributed by atoms with Crippen LogP contribution >= 0.6 is 0 Å². The van der Waals surface area contributed by atoms with Gasteiger partial charge in [0.15, 0.2) is 0 Å². The summed E-state index contributed by atoms with van der Waals surface area (Å²) in [5.41, 5.74) is 2.40. The number of carbonyl (C=O) groups is 1. The number of methoxy groups -OCH3 is 1. The Hall–Kier alpha value is -1.59. The molecule has 1 aromatic rings. The molecule has 0 atom stereocenters. The Morgan fingerprint density at radius 1 is 1.20 bits per heavy atom. The average molecular weight is 279 g/mol. The summed E-state index contributed by atoms with van der Waals surface area (Å²) in [6, 6.07) is 8.38. The zero-order chi connectivity index (χ0) is 14.8. The predicted molar refractivity (Wildman–Crippen MR) is 82.0 cm³/mol. The van der Waals surface area contributed by atoms with Crippen molar-refractivity contribution in [3.8, 4) is 0 Å². The number of carbonyl (C=O) groups excluding carboxylic acids is 1. The molecular weight excluding hydrogens is 254 g/mol. The van der Waals surface area contributed by atoms with Gasteiger partial charge in [-0.25, -0.2) is 0 Å². The third kappa shape index (κ3) is 6.54. The zero-order valence-electron chi connectivity index (χ0n) is 12.6. The van der Waals surface area contributed by atoms with Crippen LogP contribution in [0.15, 0.2) is 24.3 Å². The Kier molecular flexibility index (Phi) is 7.69. The van der Waals surface area contributed by atoms with E-state index in [4.69, 9.17) is 4.74 Å². The van der Waals surface area contributed by atoms with E-state index in [9.17, 15) is 4.79 Å². The second-order valence-electron chi connectivity index (χ2n) is 4.83. The lowest BCUT2D eigenvalue weighted by Gasteiger charge is -2.13. The molecule has 1 amide bonds. The van der Waals surface area contributed by atoms with Crippen LogP contribution in [-0.4, -0.2) is 46.8 Å². The van der Waals surface area contributed by atoms with E-state index in [2.05, 4.69) is 39.8 Å². The minimum atomic E-state index is 0.0532. The molecule has 0 aliphatic rings. The first-order valence-electron chi connectivity index (χ1n) is 6.86. The number of benzene rings is 1. The molecule has 5 heteroatoms. The number of nitrogens with one attached hydrogen (secondary N) is 2. The van der Waals surface area contributed by atoms with Gasteiger partial charge in [-0.05, 0) is 17.7 Å². The van der Waals surface area contributed by atoms with Gasteiger partial charge in [-0.2, -0.15) is 0 Å². The van der Waals surface area contributed by atoms with Gasteiger partial charge in [0.05, 0.1) is 6.61 Å². The molecule has 1 rings (SSSR count). The molecule has 0 saturated carbocycles. The number of hydrogen-bond donors (Lipinski definition) is 2. The first kappa shape index (κ1) is 16.5. The molecule has 0 aliphatic carbocycles. The first-order valence-corrected chi connectivity index (χ1v) is 6.86. The molecular formula is C15H25N3O2. The number of rotatable bonds is 9. The lowest BCUT2D eigenvalue weighted by molar-refractivity contribution is -0.121. The standard InChI is InChI=1S/C15H25N3O2/c1-18(2)14-6-4-13(5-7-14)12-16-9-8-15(19)17-10-11-20-3/h4-7,16H,8-12H2,1-3H3,(H,17,19). The third-order valence-electron chi connectivity index (χ3n) is 2.94. The van der Waals surface area contributed by atoms with E-state index < -0.39 is 0 Å². The number of anilines is 1. The average Bonchev–Trinajstić information content (AvgIpc) is 2.44. The van der Waals surface area contributed by atoms with E-state index >= 15 is 0 Å². The van der Waals surface area contributed by atoms with Crippen molar-refractivity contribution in [3.05, 3.63) is 29.8 Å². The highest BCUT2D eigenvalue weighted by atomic mass is 16.5. The Morgan fingerprint density at radius 3 is 2.50 bits per heavy atom. The smallest absolute Gasteiger partial charge is 0.221 e. The molecule has 112 valence electrons. The topological polar surface area (TPSA) is 53.6 Å². The maximum atomic E-state index is 11.4. The summed E-state index contributed by atoms with van der Waals surface area (Å²) in [4.78, 5) is 13.5. The summed E-state index contributed by atoms with van der Waals surface area (Å²) < 4.78 is 4.87. The van der Waals surface area contributed by atoms with Crippen molar-refractivity contribution in [1.29, 1.82) is 0 Å². The van der Waals surface area contributed by atoms with Gasteiger partial charge in [0, 0.05) is 52.9 Å².